The lowest BCUT2D eigenvalue weighted by Gasteiger charge is -2.41. The maximum Gasteiger partial charge on any atom is 0.223 e. The first kappa shape index (κ1) is 30.1. The van der Waals surface area contributed by atoms with Crippen LogP contribution >= 0.6 is 0 Å². The zero-order valence-electron chi connectivity index (χ0n) is 24.8. The van der Waals surface area contributed by atoms with Crippen molar-refractivity contribution in [1.29, 1.82) is 0 Å². The molecule has 2 heterocycles. The third-order valence-electron chi connectivity index (χ3n) is 8.46. The van der Waals surface area contributed by atoms with Crippen LogP contribution in [0.5, 0.6) is 5.75 Å². The zero-order valence-corrected chi connectivity index (χ0v) is 24.8. The highest BCUT2D eigenvalue weighted by Crippen LogP contribution is 2.38. The number of ether oxygens (including phenoxy) is 4. The molecule has 2 N–H and O–H groups in total. The molecule has 1 saturated heterocycles. The van der Waals surface area contributed by atoms with Gasteiger partial charge in [-0.2, -0.15) is 0 Å². The summed E-state index contributed by atoms with van der Waals surface area (Å²) in [5.74, 6) is 1.29. The molecular weight excluding hydrogens is 494 g/mol. The summed E-state index contributed by atoms with van der Waals surface area (Å²) in [5.41, 5.74) is 2.11. The molecule has 1 amide bonds. The van der Waals surface area contributed by atoms with Gasteiger partial charge < -0.3 is 34.5 Å². The quantitative estimate of drug-likeness (QED) is 0.376. The van der Waals surface area contributed by atoms with Gasteiger partial charge in [0.25, 0.3) is 0 Å². The van der Waals surface area contributed by atoms with Crippen molar-refractivity contribution < 1.29 is 23.7 Å². The first-order valence-electron chi connectivity index (χ1n) is 15.0. The number of fused-ring (bicyclic) bond motifs is 1. The lowest BCUT2D eigenvalue weighted by molar-refractivity contribution is -0.127. The third kappa shape index (κ3) is 8.81. The van der Waals surface area contributed by atoms with Crippen LogP contribution in [0.2, 0.25) is 0 Å². The lowest BCUT2D eigenvalue weighted by atomic mass is 9.86. The molecule has 0 bridgehead atoms. The molecule has 3 aliphatic rings. The molecule has 1 aliphatic carbocycles. The summed E-state index contributed by atoms with van der Waals surface area (Å²) in [4.78, 5) is 15.1. The average molecular weight is 546 g/mol. The van der Waals surface area contributed by atoms with E-state index in [4.69, 9.17) is 18.9 Å². The van der Waals surface area contributed by atoms with E-state index in [0.717, 1.165) is 89.0 Å². The number of amides is 1. The van der Waals surface area contributed by atoms with E-state index in [1.807, 2.05) is 0 Å². The summed E-state index contributed by atoms with van der Waals surface area (Å²) in [5, 5.41) is 6.93. The minimum atomic E-state index is -0.216. The Balaban J connectivity index is 1.19. The van der Waals surface area contributed by atoms with Gasteiger partial charge in [0.05, 0.1) is 31.0 Å². The van der Waals surface area contributed by atoms with E-state index in [1.54, 1.807) is 14.2 Å². The van der Waals surface area contributed by atoms with Crippen molar-refractivity contribution in [3.8, 4) is 5.75 Å². The summed E-state index contributed by atoms with van der Waals surface area (Å²) < 4.78 is 23.3. The second kappa shape index (κ2) is 14.2. The summed E-state index contributed by atoms with van der Waals surface area (Å²) in [6.45, 7) is 10.4. The molecule has 39 heavy (non-hydrogen) atoms. The molecule has 1 saturated carbocycles. The number of anilines is 1. The lowest BCUT2D eigenvalue weighted by Crippen LogP contribution is -2.47. The number of hydrogen-bond donors (Lipinski definition) is 2. The van der Waals surface area contributed by atoms with Crippen molar-refractivity contribution in [3.05, 3.63) is 23.8 Å². The molecule has 8 nitrogen and oxygen atoms in total. The first-order chi connectivity index (χ1) is 18.8. The van der Waals surface area contributed by atoms with E-state index in [0.29, 0.717) is 18.8 Å². The molecule has 8 heteroatoms. The van der Waals surface area contributed by atoms with Gasteiger partial charge in [0.15, 0.2) is 0 Å². The average Bonchev–Trinajstić information content (AvgIpc) is 2.92. The van der Waals surface area contributed by atoms with Gasteiger partial charge in [0, 0.05) is 51.9 Å². The Morgan fingerprint density at radius 2 is 1.92 bits per heavy atom. The SMILES string of the molecule is COCCCN1CC(C)(C)Oc2ccc(CO[C@@H]3CC[C@@H](C[C@H](C)NC(=O)C4CCC(OC)CC4)NC3)cc21. The van der Waals surface area contributed by atoms with Crippen LogP contribution in [0.1, 0.15) is 77.7 Å². The standard InChI is InChI=1S/C31H51N3O5/c1-22(33-30(35)24-8-11-26(37-5)12-9-24)17-25-10-13-27(19-32-25)38-20-23-7-14-29-28(18-23)34(15-6-16-36-4)21-31(2,3)39-29/h7,14,18,22,24-27,32H,6,8-13,15-17,19-21H2,1-5H3,(H,33,35)/t22-,24?,25-,26?,27+/m0/s1. The molecule has 0 radical (unpaired) electrons. The van der Waals surface area contributed by atoms with Crippen molar-refractivity contribution in [2.75, 3.05) is 45.4 Å². The molecule has 1 aromatic carbocycles. The van der Waals surface area contributed by atoms with Crippen molar-refractivity contribution in [1.82, 2.24) is 10.6 Å². The summed E-state index contributed by atoms with van der Waals surface area (Å²) in [7, 11) is 3.52. The van der Waals surface area contributed by atoms with E-state index in [-0.39, 0.29) is 29.6 Å². The molecule has 0 spiro atoms. The van der Waals surface area contributed by atoms with Crippen LogP contribution in [0.15, 0.2) is 18.2 Å². The van der Waals surface area contributed by atoms with Crippen LogP contribution in [0.25, 0.3) is 0 Å². The predicted octanol–water partition coefficient (Wildman–Crippen LogP) is 4.44. The van der Waals surface area contributed by atoms with Crippen LogP contribution in [0.3, 0.4) is 0 Å². The van der Waals surface area contributed by atoms with E-state index in [1.165, 1.54) is 5.56 Å². The topological polar surface area (TPSA) is 81.3 Å². The molecule has 2 aliphatic heterocycles. The second-order valence-electron chi connectivity index (χ2n) is 12.4. The molecule has 2 fully saturated rings. The Morgan fingerprint density at radius 1 is 1.15 bits per heavy atom. The summed E-state index contributed by atoms with van der Waals surface area (Å²) >= 11 is 0. The Bertz CT molecular complexity index is 909. The van der Waals surface area contributed by atoms with Crippen LogP contribution in [0, 0.1) is 5.92 Å². The number of carbonyl (C=O) groups is 1. The molecule has 3 atom stereocenters. The minimum Gasteiger partial charge on any atom is -0.484 e. The van der Waals surface area contributed by atoms with Crippen molar-refractivity contribution >= 4 is 11.6 Å². The maximum absolute atomic E-state index is 12.7. The Hall–Kier alpha value is -1.87. The van der Waals surface area contributed by atoms with Gasteiger partial charge in [0.2, 0.25) is 5.91 Å². The van der Waals surface area contributed by atoms with Crippen LogP contribution in [0.4, 0.5) is 5.69 Å². The van der Waals surface area contributed by atoms with Gasteiger partial charge in [-0.3, -0.25) is 4.79 Å². The monoisotopic (exact) mass is 545 g/mol. The van der Waals surface area contributed by atoms with Crippen LogP contribution < -0.4 is 20.3 Å². The highest BCUT2D eigenvalue weighted by atomic mass is 16.5. The van der Waals surface area contributed by atoms with Gasteiger partial charge >= 0.3 is 0 Å². The maximum atomic E-state index is 12.7. The van der Waals surface area contributed by atoms with E-state index >= 15 is 0 Å². The van der Waals surface area contributed by atoms with Gasteiger partial charge in [0.1, 0.15) is 11.4 Å². The molecule has 4 rings (SSSR count). The summed E-state index contributed by atoms with van der Waals surface area (Å²) in [6.07, 6.45) is 8.38. The number of rotatable bonds is 12. The largest absolute Gasteiger partial charge is 0.484 e. The highest BCUT2D eigenvalue weighted by Gasteiger charge is 2.32. The Morgan fingerprint density at radius 3 is 2.62 bits per heavy atom. The highest BCUT2D eigenvalue weighted by molar-refractivity contribution is 5.79. The number of carbonyl (C=O) groups excluding carboxylic acids is 1. The predicted molar refractivity (Wildman–Crippen MR) is 154 cm³/mol. The number of benzene rings is 1. The normalized spacial score (nSPS) is 27.4. The Labute approximate surface area is 235 Å². The van der Waals surface area contributed by atoms with Crippen molar-refractivity contribution in [2.24, 2.45) is 5.92 Å². The smallest absolute Gasteiger partial charge is 0.223 e. The first-order valence-corrected chi connectivity index (χ1v) is 15.0. The van der Waals surface area contributed by atoms with Gasteiger partial charge in [-0.05, 0) is 89.8 Å². The number of nitrogens with one attached hydrogen (secondary N) is 2. The minimum absolute atomic E-state index is 0.134. The molecule has 0 unspecified atom stereocenters. The van der Waals surface area contributed by atoms with E-state index in [2.05, 4.69) is 54.5 Å². The van der Waals surface area contributed by atoms with Gasteiger partial charge in [-0.15, -0.1) is 0 Å². The van der Waals surface area contributed by atoms with Crippen LogP contribution in [-0.2, 0) is 25.6 Å². The number of methoxy groups -OCH3 is 2. The van der Waals surface area contributed by atoms with Crippen LogP contribution in [-0.4, -0.2) is 76.3 Å². The third-order valence-corrected chi connectivity index (χ3v) is 8.46. The van der Waals surface area contributed by atoms with Crippen molar-refractivity contribution in [2.45, 2.75) is 109 Å². The fraction of sp³-hybridized carbons (Fsp3) is 0.774. The second-order valence-corrected chi connectivity index (χ2v) is 12.4. The Kier molecular flexibility index (Phi) is 10.9. The molecule has 220 valence electrons. The summed E-state index contributed by atoms with van der Waals surface area (Å²) in [6, 6.07) is 7.02. The van der Waals surface area contributed by atoms with Gasteiger partial charge in [-0.1, -0.05) is 6.07 Å². The number of piperidine rings is 1. The van der Waals surface area contributed by atoms with E-state index < -0.39 is 0 Å². The molecular formula is C31H51N3O5. The molecule has 1 aromatic rings. The number of nitrogens with zero attached hydrogens (tertiary/aromatic N) is 1. The zero-order chi connectivity index (χ0) is 27.8. The van der Waals surface area contributed by atoms with E-state index in [9.17, 15) is 4.79 Å². The fourth-order valence-electron chi connectivity index (χ4n) is 6.31. The van der Waals surface area contributed by atoms with Gasteiger partial charge in [-0.25, -0.2) is 0 Å². The fourth-order valence-corrected chi connectivity index (χ4v) is 6.31. The van der Waals surface area contributed by atoms with Crippen molar-refractivity contribution in [3.63, 3.8) is 0 Å². The number of hydrogen-bond acceptors (Lipinski definition) is 7. The molecule has 0 aromatic heterocycles.